The van der Waals surface area contributed by atoms with E-state index < -0.39 is 4.32 Å². The number of halogens is 1. The normalized spacial score (nSPS) is 21.7. The van der Waals surface area contributed by atoms with Gasteiger partial charge >= 0.3 is 0 Å². The number of hydrogen-bond acceptors (Lipinski definition) is 1. The Kier molecular flexibility index (Phi) is 3.38. The van der Waals surface area contributed by atoms with Gasteiger partial charge in [-0.3, -0.25) is 4.79 Å². The van der Waals surface area contributed by atoms with Gasteiger partial charge in [0.2, 0.25) is 5.91 Å². The summed E-state index contributed by atoms with van der Waals surface area (Å²) in [6.07, 6.45) is 0. The van der Waals surface area contributed by atoms with Gasteiger partial charge in [-0.25, -0.2) is 0 Å². The van der Waals surface area contributed by atoms with Crippen molar-refractivity contribution < 1.29 is 4.79 Å². The van der Waals surface area contributed by atoms with Crippen molar-refractivity contribution in [2.45, 2.75) is 17.8 Å². The van der Waals surface area contributed by atoms with Gasteiger partial charge in [-0.1, -0.05) is 76.1 Å². The maximum atomic E-state index is 12.5. The molecule has 102 valence electrons. The van der Waals surface area contributed by atoms with E-state index >= 15 is 0 Å². The number of aryl methyl sites for hydroxylation is 1. The van der Waals surface area contributed by atoms with Crippen molar-refractivity contribution in [3.05, 3.63) is 71.3 Å². The summed E-state index contributed by atoms with van der Waals surface area (Å²) in [6, 6.07) is 18.2. The van der Waals surface area contributed by atoms with Gasteiger partial charge in [0.05, 0.1) is 0 Å². The quantitative estimate of drug-likeness (QED) is 0.622. The van der Waals surface area contributed by atoms with Gasteiger partial charge in [0.25, 0.3) is 0 Å². The van der Waals surface area contributed by atoms with E-state index in [1.807, 2.05) is 59.5 Å². The van der Waals surface area contributed by atoms with E-state index in [4.69, 9.17) is 0 Å². The minimum atomic E-state index is -0.532. The van der Waals surface area contributed by atoms with Gasteiger partial charge in [-0.05, 0) is 18.1 Å². The molecule has 2 aromatic carbocycles. The van der Waals surface area contributed by atoms with E-state index in [0.29, 0.717) is 13.1 Å². The van der Waals surface area contributed by atoms with Crippen LogP contribution in [0.5, 0.6) is 0 Å². The monoisotopic (exact) mass is 329 g/mol. The third-order valence-corrected chi connectivity index (χ3v) is 4.81. The number of β-lactam (4-membered cyclic amide) rings is 1. The summed E-state index contributed by atoms with van der Waals surface area (Å²) in [5.74, 6) is 0.144. The first-order valence-electron chi connectivity index (χ1n) is 6.69. The average Bonchev–Trinajstić information content (AvgIpc) is 2.48. The highest BCUT2D eigenvalue weighted by molar-refractivity contribution is 9.10. The molecule has 0 bridgehead atoms. The molecule has 2 aromatic rings. The van der Waals surface area contributed by atoms with Crippen molar-refractivity contribution in [2.24, 2.45) is 0 Å². The van der Waals surface area contributed by atoms with Crippen LogP contribution in [0.1, 0.15) is 16.7 Å². The Hall–Kier alpha value is -1.61. The first-order chi connectivity index (χ1) is 9.59. The van der Waals surface area contributed by atoms with Gasteiger partial charge in [-0.15, -0.1) is 0 Å². The van der Waals surface area contributed by atoms with E-state index in [0.717, 1.165) is 5.56 Å². The molecule has 20 heavy (non-hydrogen) atoms. The van der Waals surface area contributed by atoms with Gasteiger partial charge in [0.15, 0.2) is 0 Å². The summed E-state index contributed by atoms with van der Waals surface area (Å²) in [5, 5.41) is 0. The molecule has 2 nitrogen and oxygen atoms in total. The molecule has 1 unspecified atom stereocenters. The standard InChI is InChI=1S/C17H16BrNO/c1-13-7-9-15(10-8-13)17(18)12-19(16(17)20)11-14-5-3-2-4-6-14/h2-10H,11-12H2,1H3. The highest BCUT2D eigenvalue weighted by atomic mass is 79.9. The van der Waals surface area contributed by atoms with E-state index in [2.05, 4.69) is 22.9 Å². The predicted molar refractivity (Wildman–Crippen MR) is 83.6 cm³/mol. The van der Waals surface area contributed by atoms with Crippen LogP contribution in [-0.4, -0.2) is 17.4 Å². The zero-order valence-corrected chi connectivity index (χ0v) is 12.9. The average molecular weight is 330 g/mol. The molecule has 0 spiro atoms. The number of amides is 1. The summed E-state index contributed by atoms with van der Waals surface area (Å²) in [4.78, 5) is 14.3. The topological polar surface area (TPSA) is 20.3 Å². The molecule has 0 radical (unpaired) electrons. The lowest BCUT2D eigenvalue weighted by Crippen LogP contribution is -2.60. The van der Waals surface area contributed by atoms with E-state index in [9.17, 15) is 4.79 Å². The third-order valence-electron chi connectivity index (χ3n) is 3.76. The van der Waals surface area contributed by atoms with Crippen molar-refractivity contribution in [1.82, 2.24) is 4.90 Å². The fourth-order valence-corrected chi connectivity index (χ4v) is 3.34. The van der Waals surface area contributed by atoms with Crippen LogP contribution in [0.4, 0.5) is 0 Å². The Morgan fingerprint density at radius 1 is 1.10 bits per heavy atom. The van der Waals surface area contributed by atoms with E-state index in [-0.39, 0.29) is 5.91 Å². The minimum Gasteiger partial charge on any atom is -0.335 e. The number of hydrogen-bond donors (Lipinski definition) is 0. The van der Waals surface area contributed by atoms with Crippen LogP contribution >= 0.6 is 15.9 Å². The molecule has 1 aliphatic rings. The largest absolute Gasteiger partial charge is 0.335 e. The van der Waals surface area contributed by atoms with Crippen LogP contribution in [-0.2, 0) is 15.7 Å². The maximum absolute atomic E-state index is 12.5. The third kappa shape index (κ3) is 2.27. The van der Waals surface area contributed by atoms with Crippen molar-refractivity contribution in [2.75, 3.05) is 6.54 Å². The number of carbonyl (C=O) groups is 1. The van der Waals surface area contributed by atoms with Gasteiger partial charge in [0, 0.05) is 13.1 Å². The van der Waals surface area contributed by atoms with Crippen LogP contribution in [0.2, 0.25) is 0 Å². The lowest BCUT2D eigenvalue weighted by atomic mass is 9.89. The molecule has 1 atom stereocenters. The van der Waals surface area contributed by atoms with Crippen LogP contribution in [0.25, 0.3) is 0 Å². The van der Waals surface area contributed by atoms with Crippen molar-refractivity contribution in [3.8, 4) is 0 Å². The Morgan fingerprint density at radius 2 is 1.75 bits per heavy atom. The second-order valence-electron chi connectivity index (χ2n) is 5.31. The smallest absolute Gasteiger partial charge is 0.246 e. The Balaban J connectivity index is 1.74. The fraction of sp³-hybridized carbons (Fsp3) is 0.235. The first kappa shape index (κ1) is 13.4. The highest BCUT2D eigenvalue weighted by Crippen LogP contribution is 2.42. The highest BCUT2D eigenvalue weighted by Gasteiger charge is 2.51. The second kappa shape index (κ2) is 5.06. The minimum absolute atomic E-state index is 0.144. The van der Waals surface area contributed by atoms with E-state index in [1.54, 1.807) is 0 Å². The molecule has 3 heteroatoms. The molecule has 0 saturated carbocycles. The summed E-state index contributed by atoms with van der Waals surface area (Å²) in [7, 11) is 0. The molecule has 1 fully saturated rings. The number of rotatable bonds is 3. The van der Waals surface area contributed by atoms with E-state index in [1.165, 1.54) is 11.1 Å². The molecule has 0 aliphatic carbocycles. The zero-order valence-electron chi connectivity index (χ0n) is 11.3. The number of nitrogens with zero attached hydrogens (tertiary/aromatic N) is 1. The maximum Gasteiger partial charge on any atom is 0.246 e. The Bertz CT molecular complexity index is 623. The second-order valence-corrected chi connectivity index (χ2v) is 6.67. The Labute approximate surface area is 127 Å². The SMILES string of the molecule is Cc1ccc(C2(Br)CN(Cc3ccccc3)C2=O)cc1. The molecule has 1 aliphatic heterocycles. The number of benzene rings is 2. The fourth-order valence-electron chi connectivity index (χ4n) is 2.53. The summed E-state index contributed by atoms with van der Waals surface area (Å²) in [5.41, 5.74) is 3.41. The van der Waals surface area contributed by atoms with Crippen LogP contribution < -0.4 is 0 Å². The summed E-state index contributed by atoms with van der Waals surface area (Å²) >= 11 is 3.63. The predicted octanol–water partition coefficient (Wildman–Crippen LogP) is 3.63. The summed E-state index contributed by atoms with van der Waals surface area (Å²) in [6.45, 7) is 3.44. The molecular weight excluding hydrogens is 314 g/mol. The summed E-state index contributed by atoms with van der Waals surface area (Å²) < 4.78 is -0.532. The van der Waals surface area contributed by atoms with Crippen molar-refractivity contribution in [1.29, 1.82) is 0 Å². The first-order valence-corrected chi connectivity index (χ1v) is 7.48. The molecule has 3 rings (SSSR count). The van der Waals surface area contributed by atoms with Crippen LogP contribution in [0, 0.1) is 6.92 Å². The van der Waals surface area contributed by atoms with Crippen LogP contribution in [0.15, 0.2) is 54.6 Å². The van der Waals surface area contributed by atoms with Crippen molar-refractivity contribution in [3.63, 3.8) is 0 Å². The molecule has 1 amide bonds. The van der Waals surface area contributed by atoms with Gasteiger partial charge < -0.3 is 4.90 Å². The van der Waals surface area contributed by atoms with Crippen molar-refractivity contribution >= 4 is 21.8 Å². The van der Waals surface area contributed by atoms with Gasteiger partial charge in [-0.2, -0.15) is 0 Å². The number of carbonyl (C=O) groups excluding carboxylic acids is 1. The molecule has 0 aromatic heterocycles. The molecule has 1 saturated heterocycles. The van der Waals surface area contributed by atoms with Crippen LogP contribution in [0.3, 0.4) is 0 Å². The number of likely N-dealkylation sites (tertiary alicyclic amines) is 1. The lowest BCUT2D eigenvalue weighted by Gasteiger charge is -2.45. The zero-order chi connectivity index (χ0) is 14.2. The van der Waals surface area contributed by atoms with Gasteiger partial charge in [0.1, 0.15) is 4.32 Å². The molecule has 0 N–H and O–H groups in total. The molecule has 1 heterocycles. The molecular formula is C17H16BrNO. The number of alkyl halides is 1. The Morgan fingerprint density at radius 3 is 2.35 bits per heavy atom. The lowest BCUT2D eigenvalue weighted by molar-refractivity contribution is -0.145.